The van der Waals surface area contributed by atoms with Crippen molar-refractivity contribution >= 4 is 24.0 Å². The lowest BCUT2D eigenvalue weighted by atomic mass is 9.78. The Hall–Kier alpha value is -1.58. The van der Waals surface area contributed by atoms with Crippen LogP contribution in [0, 0.1) is 0 Å². The summed E-state index contributed by atoms with van der Waals surface area (Å²) in [6.07, 6.45) is 2.15. The maximum absolute atomic E-state index is 6.10. The predicted molar refractivity (Wildman–Crippen MR) is 93.7 cm³/mol. The van der Waals surface area contributed by atoms with Crippen LogP contribution in [0.3, 0.4) is 0 Å². The van der Waals surface area contributed by atoms with E-state index in [1.807, 2.05) is 0 Å². The van der Waals surface area contributed by atoms with E-state index in [9.17, 15) is 0 Å². The minimum atomic E-state index is -0.295. The summed E-state index contributed by atoms with van der Waals surface area (Å²) in [5.74, 6) is 0. The third-order valence-electron chi connectivity index (χ3n) is 4.79. The van der Waals surface area contributed by atoms with Crippen LogP contribution in [-0.2, 0) is 9.31 Å². The number of fused-ring (bicyclic) bond motifs is 1. The van der Waals surface area contributed by atoms with Crippen LogP contribution in [0.1, 0.15) is 40.2 Å². The first-order chi connectivity index (χ1) is 10.3. The zero-order valence-electron chi connectivity index (χ0n) is 14.0. The van der Waals surface area contributed by atoms with E-state index in [4.69, 9.17) is 9.31 Å². The van der Waals surface area contributed by atoms with Gasteiger partial charge in [0.15, 0.2) is 0 Å². The molecule has 1 aliphatic heterocycles. The van der Waals surface area contributed by atoms with Crippen molar-refractivity contribution in [2.45, 2.75) is 45.8 Å². The standard InChI is InChI=1S/C19H23BO2/c1-14(20-21-18(2,3)19(4,5)22-20)12-15-10-11-16-8-6-7-9-17(16)13-15/h6-13H,1-5H3/b14-12+. The second-order valence-electron chi connectivity index (χ2n) is 7.08. The second-order valence-corrected chi connectivity index (χ2v) is 7.08. The summed E-state index contributed by atoms with van der Waals surface area (Å²) in [6.45, 7) is 10.4. The summed E-state index contributed by atoms with van der Waals surface area (Å²) in [7, 11) is -0.281. The minimum Gasteiger partial charge on any atom is -0.400 e. The molecule has 2 aromatic carbocycles. The van der Waals surface area contributed by atoms with Gasteiger partial charge in [0.2, 0.25) is 0 Å². The quantitative estimate of drug-likeness (QED) is 0.735. The summed E-state index contributed by atoms with van der Waals surface area (Å²) >= 11 is 0. The largest absolute Gasteiger partial charge is 0.490 e. The van der Waals surface area contributed by atoms with Crippen molar-refractivity contribution in [3.05, 3.63) is 53.5 Å². The molecule has 0 saturated carbocycles. The Morgan fingerprint density at radius 1 is 0.909 bits per heavy atom. The van der Waals surface area contributed by atoms with E-state index in [2.05, 4.69) is 83.2 Å². The number of hydrogen-bond acceptors (Lipinski definition) is 2. The van der Waals surface area contributed by atoms with Gasteiger partial charge in [-0.1, -0.05) is 42.5 Å². The van der Waals surface area contributed by atoms with Gasteiger partial charge in [-0.3, -0.25) is 0 Å². The SMILES string of the molecule is C/C(=C\c1ccc2ccccc2c1)B1OC(C)(C)C(C)(C)O1. The smallest absolute Gasteiger partial charge is 0.400 e. The monoisotopic (exact) mass is 294 g/mol. The molecule has 0 amide bonds. The van der Waals surface area contributed by atoms with E-state index in [1.165, 1.54) is 16.3 Å². The Bertz CT molecular complexity index is 715. The average molecular weight is 294 g/mol. The summed E-state index contributed by atoms with van der Waals surface area (Å²) < 4.78 is 12.2. The zero-order valence-corrected chi connectivity index (χ0v) is 14.0. The molecule has 114 valence electrons. The van der Waals surface area contributed by atoms with E-state index in [1.54, 1.807) is 0 Å². The number of benzene rings is 2. The highest BCUT2D eigenvalue weighted by molar-refractivity contribution is 6.55. The highest BCUT2D eigenvalue weighted by Crippen LogP contribution is 2.38. The molecule has 0 spiro atoms. The number of rotatable bonds is 2. The molecule has 3 rings (SSSR count). The van der Waals surface area contributed by atoms with Crippen LogP contribution in [-0.4, -0.2) is 18.3 Å². The van der Waals surface area contributed by atoms with Gasteiger partial charge >= 0.3 is 7.12 Å². The minimum absolute atomic E-state index is 0.281. The maximum Gasteiger partial charge on any atom is 0.490 e. The molecule has 1 heterocycles. The maximum atomic E-state index is 6.10. The molecule has 0 radical (unpaired) electrons. The van der Waals surface area contributed by atoms with Crippen LogP contribution < -0.4 is 0 Å². The lowest BCUT2D eigenvalue weighted by Gasteiger charge is -2.32. The Kier molecular flexibility index (Phi) is 3.66. The normalized spacial score (nSPS) is 20.6. The van der Waals surface area contributed by atoms with Gasteiger partial charge in [0.1, 0.15) is 0 Å². The Balaban J connectivity index is 1.88. The Labute approximate surface area is 133 Å². The molecule has 0 atom stereocenters. The molecule has 0 aliphatic carbocycles. The van der Waals surface area contributed by atoms with E-state index in [-0.39, 0.29) is 18.3 Å². The molecule has 1 aliphatic rings. The van der Waals surface area contributed by atoms with Gasteiger partial charge in [-0.15, -0.1) is 0 Å². The fourth-order valence-corrected chi connectivity index (χ4v) is 2.66. The number of allylic oxidation sites excluding steroid dienone is 1. The molecule has 22 heavy (non-hydrogen) atoms. The summed E-state index contributed by atoms with van der Waals surface area (Å²) in [5, 5.41) is 2.51. The van der Waals surface area contributed by atoms with Gasteiger partial charge in [-0.25, -0.2) is 0 Å². The van der Waals surface area contributed by atoms with Crippen LogP contribution in [0.5, 0.6) is 0 Å². The molecule has 0 N–H and O–H groups in total. The third-order valence-corrected chi connectivity index (χ3v) is 4.79. The molecule has 3 heteroatoms. The van der Waals surface area contributed by atoms with Crippen LogP contribution in [0.2, 0.25) is 0 Å². The van der Waals surface area contributed by atoms with E-state index < -0.39 is 0 Å². The van der Waals surface area contributed by atoms with Crippen molar-refractivity contribution in [2.75, 3.05) is 0 Å². The van der Waals surface area contributed by atoms with Crippen LogP contribution in [0.25, 0.3) is 16.8 Å². The summed E-state index contributed by atoms with van der Waals surface area (Å²) in [4.78, 5) is 0. The molecular weight excluding hydrogens is 271 g/mol. The van der Waals surface area contributed by atoms with E-state index in [0.29, 0.717) is 0 Å². The number of hydrogen-bond donors (Lipinski definition) is 0. The van der Waals surface area contributed by atoms with Gasteiger partial charge in [-0.05, 0) is 62.5 Å². The molecule has 1 saturated heterocycles. The van der Waals surface area contributed by atoms with E-state index in [0.717, 1.165) is 5.47 Å². The van der Waals surface area contributed by atoms with Crippen molar-refractivity contribution in [3.8, 4) is 0 Å². The van der Waals surface area contributed by atoms with E-state index >= 15 is 0 Å². The fourth-order valence-electron chi connectivity index (χ4n) is 2.66. The van der Waals surface area contributed by atoms with Crippen LogP contribution in [0.4, 0.5) is 0 Å². The van der Waals surface area contributed by atoms with Crippen LogP contribution >= 0.6 is 0 Å². The molecule has 0 aromatic heterocycles. The first-order valence-corrected chi connectivity index (χ1v) is 7.81. The lowest BCUT2D eigenvalue weighted by molar-refractivity contribution is 0.00578. The summed E-state index contributed by atoms with van der Waals surface area (Å²) in [6, 6.07) is 14.9. The molecule has 2 aromatic rings. The Morgan fingerprint density at radius 2 is 1.50 bits per heavy atom. The molecule has 2 nitrogen and oxygen atoms in total. The highest BCUT2D eigenvalue weighted by Gasteiger charge is 2.51. The van der Waals surface area contributed by atoms with Gasteiger partial charge in [0.25, 0.3) is 0 Å². The average Bonchev–Trinajstić information content (AvgIpc) is 2.67. The molecule has 1 fully saturated rings. The molecule has 0 unspecified atom stereocenters. The van der Waals surface area contributed by atoms with Gasteiger partial charge in [0.05, 0.1) is 11.2 Å². The molecule has 0 bridgehead atoms. The van der Waals surface area contributed by atoms with Crippen molar-refractivity contribution in [1.29, 1.82) is 0 Å². The Morgan fingerprint density at radius 3 is 2.14 bits per heavy atom. The topological polar surface area (TPSA) is 18.5 Å². The lowest BCUT2D eigenvalue weighted by Crippen LogP contribution is -2.41. The van der Waals surface area contributed by atoms with Crippen molar-refractivity contribution in [3.63, 3.8) is 0 Å². The van der Waals surface area contributed by atoms with Crippen molar-refractivity contribution in [1.82, 2.24) is 0 Å². The molecular formula is C19H23BO2. The first kappa shape index (κ1) is 15.3. The predicted octanol–water partition coefficient (Wildman–Crippen LogP) is 4.87. The van der Waals surface area contributed by atoms with Gasteiger partial charge in [-0.2, -0.15) is 0 Å². The van der Waals surface area contributed by atoms with Crippen molar-refractivity contribution < 1.29 is 9.31 Å². The van der Waals surface area contributed by atoms with Gasteiger partial charge < -0.3 is 9.31 Å². The zero-order chi connectivity index (χ0) is 16.0. The first-order valence-electron chi connectivity index (χ1n) is 7.81. The fraction of sp³-hybridized carbons (Fsp3) is 0.368. The van der Waals surface area contributed by atoms with Gasteiger partial charge in [0, 0.05) is 0 Å². The van der Waals surface area contributed by atoms with Crippen molar-refractivity contribution in [2.24, 2.45) is 0 Å². The third kappa shape index (κ3) is 2.71. The second kappa shape index (κ2) is 5.25. The van der Waals surface area contributed by atoms with Crippen LogP contribution in [0.15, 0.2) is 47.9 Å². The highest BCUT2D eigenvalue weighted by atomic mass is 16.7. The summed E-state index contributed by atoms with van der Waals surface area (Å²) in [5.41, 5.74) is 1.67.